The number of amides is 1. The molecule has 1 aromatic rings. The third-order valence-corrected chi connectivity index (χ3v) is 9.64. The first-order valence-electron chi connectivity index (χ1n) is 8.48. The molecule has 2 aliphatic heterocycles. The molecule has 7 nitrogen and oxygen atoms in total. The number of benzene rings is 1. The minimum Gasteiger partial charge on any atom is -0.325 e. The number of rotatable bonds is 6. The number of carbonyl (C=O) groups is 1. The summed E-state index contributed by atoms with van der Waals surface area (Å²) in [4.78, 5) is 12.3. The second-order valence-electron chi connectivity index (χ2n) is 6.52. The van der Waals surface area contributed by atoms with Gasteiger partial charge in [-0.25, -0.2) is 16.8 Å². The molecule has 26 heavy (non-hydrogen) atoms. The number of hydrogen-bond acceptors (Lipinski definition) is 6. The van der Waals surface area contributed by atoms with E-state index in [9.17, 15) is 21.6 Å². The van der Waals surface area contributed by atoms with Crippen LogP contribution >= 0.6 is 11.8 Å². The van der Waals surface area contributed by atoms with Gasteiger partial charge in [-0.15, -0.1) is 11.8 Å². The summed E-state index contributed by atoms with van der Waals surface area (Å²) < 4.78 is 49.5. The summed E-state index contributed by atoms with van der Waals surface area (Å²) in [6, 6.07) is 6.25. The Bertz CT molecular complexity index is 877. The maximum absolute atomic E-state index is 12.6. The molecule has 0 aromatic heterocycles. The Morgan fingerprint density at radius 3 is 2.65 bits per heavy atom. The van der Waals surface area contributed by atoms with Crippen molar-refractivity contribution in [3.05, 3.63) is 24.3 Å². The fourth-order valence-electron chi connectivity index (χ4n) is 3.09. The first-order chi connectivity index (χ1) is 12.3. The highest BCUT2D eigenvalue weighted by Gasteiger charge is 2.29. The van der Waals surface area contributed by atoms with Gasteiger partial charge in [-0.3, -0.25) is 4.79 Å². The normalized spacial score (nSPS) is 23.2. The van der Waals surface area contributed by atoms with E-state index < -0.39 is 19.9 Å². The number of anilines is 1. The molecule has 2 fully saturated rings. The number of carbonyl (C=O) groups excluding carboxylic acids is 1. The summed E-state index contributed by atoms with van der Waals surface area (Å²) in [5.41, 5.74) is 0.426. The lowest BCUT2D eigenvalue weighted by Crippen LogP contribution is -2.28. The third kappa shape index (κ3) is 4.79. The zero-order valence-corrected chi connectivity index (χ0v) is 16.7. The van der Waals surface area contributed by atoms with Crippen LogP contribution in [0.3, 0.4) is 0 Å². The van der Waals surface area contributed by atoms with E-state index in [0.717, 1.165) is 12.8 Å². The highest BCUT2D eigenvalue weighted by Crippen LogP contribution is 2.25. The Kier molecular flexibility index (Phi) is 5.95. The summed E-state index contributed by atoms with van der Waals surface area (Å²) in [7, 11) is -6.48. The molecule has 0 aliphatic carbocycles. The van der Waals surface area contributed by atoms with Gasteiger partial charge in [0, 0.05) is 24.0 Å². The van der Waals surface area contributed by atoms with Gasteiger partial charge in [0.2, 0.25) is 15.9 Å². The maximum atomic E-state index is 12.6. The lowest BCUT2D eigenvalue weighted by molar-refractivity contribution is -0.113. The van der Waals surface area contributed by atoms with Gasteiger partial charge in [-0.05, 0) is 37.5 Å². The average molecular weight is 419 g/mol. The number of nitrogens with zero attached hydrogens (tertiary/aromatic N) is 1. The Labute approximate surface area is 158 Å². The van der Waals surface area contributed by atoms with Crippen LogP contribution in [0.25, 0.3) is 0 Å². The monoisotopic (exact) mass is 418 g/mol. The molecule has 0 spiro atoms. The van der Waals surface area contributed by atoms with Crippen LogP contribution in [0.15, 0.2) is 29.2 Å². The molecule has 1 aromatic carbocycles. The summed E-state index contributed by atoms with van der Waals surface area (Å²) in [5.74, 6) is 0.176. The van der Waals surface area contributed by atoms with Crippen LogP contribution in [0.4, 0.5) is 5.69 Å². The predicted octanol–water partition coefficient (Wildman–Crippen LogP) is 1.33. The van der Waals surface area contributed by atoms with Crippen molar-refractivity contribution in [3.63, 3.8) is 0 Å². The van der Waals surface area contributed by atoms with Gasteiger partial charge < -0.3 is 5.32 Å². The molecule has 0 saturated carbocycles. The molecular weight excluding hydrogens is 396 g/mol. The van der Waals surface area contributed by atoms with Crippen LogP contribution in [0, 0.1) is 0 Å². The lowest BCUT2D eigenvalue weighted by Gasteiger charge is -2.16. The largest absolute Gasteiger partial charge is 0.325 e. The van der Waals surface area contributed by atoms with E-state index in [1.165, 1.54) is 28.2 Å². The number of sulfone groups is 1. The Morgan fingerprint density at radius 1 is 1.27 bits per heavy atom. The van der Waals surface area contributed by atoms with Crippen molar-refractivity contribution in [1.29, 1.82) is 0 Å². The molecule has 10 heteroatoms. The first kappa shape index (κ1) is 19.7. The van der Waals surface area contributed by atoms with Crippen LogP contribution in [0.5, 0.6) is 0 Å². The fraction of sp³-hybridized carbons (Fsp3) is 0.562. The van der Waals surface area contributed by atoms with E-state index in [1.807, 2.05) is 0 Å². The molecule has 144 valence electrons. The van der Waals surface area contributed by atoms with Gasteiger partial charge >= 0.3 is 0 Å². The molecule has 0 radical (unpaired) electrons. The van der Waals surface area contributed by atoms with Crippen molar-refractivity contribution < 1.29 is 21.6 Å². The van der Waals surface area contributed by atoms with Crippen molar-refractivity contribution in [2.75, 3.05) is 35.7 Å². The van der Waals surface area contributed by atoms with E-state index in [4.69, 9.17) is 0 Å². The molecule has 3 rings (SSSR count). The Hall–Kier alpha value is -1.10. The minimum atomic E-state index is -3.53. The van der Waals surface area contributed by atoms with Gasteiger partial charge in [-0.1, -0.05) is 6.07 Å². The molecule has 1 N–H and O–H groups in total. The highest BCUT2D eigenvalue weighted by molar-refractivity contribution is 8.02. The topological polar surface area (TPSA) is 101 Å². The number of thioether (sulfide) groups is 1. The Morgan fingerprint density at radius 2 is 2.00 bits per heavy atom. The molecule has 0 unspecified atom stereocenters. The summed E-state index contributed by atoms with van der Waals surface area (Å²) in [5, 5.41) is 2.65. The zero-order valence-electron chi connectivity index (χ0n) is 14.3. The molecule has 2 aliphatic rings. The van der Waals surface area contributed by atoms with E-state index in [2.05, 4.69) is 5.32 Å². The number of hydrogen-bond donors (Lipinski definition) is 1. The second-order valence-corrected chi connectivity index (χ2v) is 12.0. The second kappa shape index (κ2) is 7.87. The van der Waals surface area contributed by atoms with Crippen LogP contribution < -0.4 is 5.32 Å². The van der Waals surface area contributed by atoms with Crippen LogP contribution in [-0.2, 0) is 24.7 Å². The van der Waals surface area contributed by atoms with Gasteiger partial charge in [0.15, 0.2) is 9.84 Å². The fourth-order valence-corrected chi connectivity index (χ4v) is 8.10. The number of nitrogens with one attached hydrogen (secondary N) is 1. The van der Waals surface area contributed by atoms with E-state index in [1.54, 1.807) is 12.1 Å². The van der Waals surface area contributed by atoms with Gasteiger partial charge in [0.25, 0.3) is 0 Å². The quantitative estimate of drug-likeness (QED) is 0.748. The van der Waals surface area contributed by atoms with Crippen molar-refractivity contribution in [2.45, 2.75) is 29.4 Å². The molecule has 0 bridgehead atoms. The minimum absolute atomic E-state index is 0.0485. The molecule has 2 heterocycles. The van der Waals surface area contributed by atoms with Crippen LogP contribution in [-0.4, -0.2) is 62.6 Å². The average Bonchev–Trinajstić information content (AvgIpc) is 3.23. The summed E-state index contributed by atoms with van der Waals surface area (Å²) in [6.45, 7) is 1.06. The highest BCUT2D eigenvalue weighted by atomic mass is 32.2. The Balaban J connectivity index is 1.59. The van der Waals surface area contributed by atoms with E-state index >= 15 is 0 Å². The smallest absolute Gasteiger partial charge is 0.243 e. The van der Waals surface area contributed by atoms with Crippen molar-refractivity contribution in [1.82, 2.24) is 4.31 Å². The maximum Gasteiger partial charge on any atom is 0.243 e. The summed E-state index contributed by atoms with van der Waals surface area (Å²) in [6.07, 6.45) is 2.30. The zero-order chi connectivity index (χ0) is 18.8. The van der Waals surface area contributed by atoms with Crippen molar-refractivity contribution in [2.24, 2.45) is 0 Å². The molecular formula is C16H22N2O5S3. The molecule has 2 saturated heterocycles. The van der Waals surface area contributed by atoms with Crippen LogP contribution in [0.2, 0.25) is 0 Å². The van der Waals surface area contributed by atoms with Crippen molar-refractivity contribution in [3.8, 4) is 0 Å². The predicted molar refractivity (Wildman–Crippen MR) is 103 cm³/mol. The van der Waals surface area contributed by atoms with E-state index in [-0.39, 0.29) is 33.3 Å². The van der Waals surface area contributed by atoms with Gasteiger partial charge in [-0.2, -0.15) is 4.31 Å². The van der Waals surface area contributed by atoms with Gasteiger partial charge in [0.05, 0.1) is 22.2 Å². The standard InChI is InChI=1S/C16H22N2O5S3/c19-16(11-24-14-6-9-25(20,21)12-14)17-13-4-3-5-15(10-13)26(22,23)18-7-1-2-8-18/h3-5,10,14H,1-2,6-9,11-12H2,(H,17,19)/t14-/m1/s1. The van der Waals surface area contributed by atoms with Crippen LogP contribution in [0.1, 0.15) is 19.3 Å². The first-order valence-corrected chi connectivity index (χ1v) is 12.8. The molecule has 1 amide bonds. The number of sulfonamides is 1. The van der Waals surface area contributed by atoms with Gasteiger partial charge in [0.1, 0.15) is 0 Å². The SMILES string of the molecule is O=C(CS[C@@H]1CCS(=O)(=O)C1)Nc1cccc(S(=O)(=O)N2CCCC2)c1. The van der Waals surface area contributed by atoms with Crippen molar-refractivity contribution >= 4 is 43.2 Å². The summed E-state index contributed by atoms with van der Waals surface area (Å²) >= 11 is 1.33. The van der Waals surface area contributed by atoms with E-state index in [0.29, 0.717) is 25.2 Å². The molecule has 1 atom stereocenters. The third-order valence-electron chi connectivity index (χ3n) is 4.46. The lowest BCUT2D eigenvalue weighted by atomic mass is 10.3.